The van der Waals surface area contributed by atoms with E-state index >= 15 is 0 Å². The summed E-state index contributed by atoms with van der Waals surface area (Å²) in [6.07, 6.45) is -2.80. The van der Waals surface area contributed by atoms with Gasteiger partial charge in [0.2, 0.25) is 0 Å². The Morgan fingerprint density at radius 1 is 1.11 bits per heavy atom. The highest BCUT2D eigenvalue weighted by atomic mass is 79.9. The van der Waals surface area contributed by atoms with E-state index in [9.17, 15) is 17.6 Å². The molecule has 0 radical (unpaired) electrons. The minimum absolute atomic E-state index is 0.0240. The van der Waals surface area contributed by atoms with Gasteiger partial charge >= 0.3 is 6.18 Å². The second-order valence-corrected chi connectivity index (χ2v) is 5.72. The number of nitrogens with one attached hydrogen (secondary N) is 1. The molecule has 0 atom stereocenters. The van der Waals surface area contributed by atoms with Crippen LogP contribution in [0.5, 0.6) is 0 Å². The summed E-state index contributed by atoms with van der Waals surface area (Å²) in [5, 5.41) is 3.16. The van der Waals surface area contributed by atoms with Gasteiger partial charge in [-0.25, -0.2) is 4.39 Å². The molecule has 1 aliphatic carbocycles. The summed E-state index contributed by atoms with van der Waals surface area (Å²) in [5.41, 5.74) is 0.726. The third kappa shape index (κ3) is 3.84. The summed E-state index contributed by atoms with van der Waals surface area (Å²) in [4.78, 5) is 0. The van der Waals surface area contributed by atoms with Crippen LogP contribution >= 0.6 is 15.9 Å². The number of benzene rings is 1. The van der Waals surface area contributed by atoms with Crippen LogP contribution in [-0.2, 0) is 0 Å². The molecule has 1 aliphatic rings. The minimum atomic E-state index is -4.08. The third-order valence-electron chi connectivity index (χ3n) is 3.48. The first-order valence-corrected chi connectivity index (χ1v) is 6.94. The van der Waals surface area contributed by atoms with E-state index in [-0.39, 0.29) is 24.7 Å². The zero-order chi connectivity index (χ0) is 14.0. The molecule has 0 unspecified atom stereocenters. The molecule has 0 aromatic heterocycles. The van der Waals surface area contributed by atoms with Crippen LogP contribution in [0.25, 0.3) is 0 Å². The number of rotatable bonds is 2. The zero-order valence-electron chi connectivity index (χ0n) is 10.1. The molecule has 1 fully saturated rings. The molecular formula is C13H14BrF4N. The number of anilines is 1. The maximum absolute atomic E-state index is 13.1. The molecule has 0 heterocycles. The van der Waals surface area contributed by atoms with Crippen LogP contribution in [0.4, 0.5) is 23.2 Å². The van der Waals surface area contributed by atoms with E-state index in [1.54, 1.807) is 12.1 Å². The molecule has 0 aliphatic heterocycles. The first-order valence-electron chi connectivity index (χ1n) is 6.14. The lowest BCUT2D eigenvalue weighted by atomic mass is 9.85. The Hall–Kier alpha value is -0.780. The van der Waals surface area contributed by atoms with Crippen molar-refractivity contribution in [2.75, 3.05) is 5.32 Å². The van der Waals surface area contributed by atoms with Crippen LogP contribution < -0.4 is 5.32 Å². The van der Waals surface area contributed by atoms with E-state index in [0.717, 1.165) is 5.69 Å². The van der Waals surface area contributed by atoms with Gasteiger partial charge in [0, 0.05) is 11.7 Å². The summed E-state index contributed by atoms with van der Waals surface area (Å²) >= 11 is 3.08. The highest BCUT2D eigenvalue weighted by Gasteiger charge is 2.41. The Morgan fingerprint density at radius 2 is 1.74 bits per heavy atom. The van der Waals surface area contributed by atoms with Gasteiger partial charge in [0.05, 0.1) is 10.4 Å². The van der Waals surface area contributed by atoms with Crippen molar-refractivity contribution in [3.05, 3.63) is 28.5 Å². The van der Waals surface area contributed by atoms with Crippen molar-refractivity contribution >= 4 is 21.6 Å². The monoisotopic (exact) mass is 339 g/mol. The van der Waals surface area contributed by atoms with Crippen molar-refractivity contribution < 1.29 is 17.6 Å². The smallest absolute Gasteiger partial charge is 0.382 e. The van der Waals surface area contributed by atoms with Crippen LogP contribution in [0.2, 0.25) is 0 Å². The maximum Gasteiger partial charge on any atom is 0.391 e. The number of halogens is 5. The first kappa shape index (κ1) is 14.6. The molecule has 1 aromatic rings. The number of hydrogen-bond acceptors (Lipinski definition) is 1. The van der Waals surface area contributed by atoms with Crippen molar-refractivity contribution in [1.29, 1.82) is 0 Å². The van der Waals surface area contributed by atoms with Gasteiger partial charge in [0.1, 0.15) is 5.82 Å². The molecule has 0 amide bonds. The Kier molecular flexibility index (Phi) is 4.38. The van der Waals surface area contributed by atoms with E-state index in [0.29, 0.717) is 17.3 Å². The summed E-state index contributed by atoms with van der Waals surface area (Å²) < 4.78 is 51.0. The Bertz CT molecular complexity index is 439. The summed E-state index contributed by atoms with van der Waals surface area (Å²) in [6, 6.07) is 4.55. The second-order valence-electron chi connectivity index (χ2n) is 4.86. The average Bonchev–Trinajstić information content (AvgIpc) is 2.33. The van der Waals surface area contributed by atoms with Crippen LogP contribution in [0, 0.1) is 11.7 Å². The fourth-order valence-corrected chi connectivity index (χ4v) is 2.77. The van der Waals surface area contributed by atoms with Crippen LogP contribution in [0.15, 0.2) is 22.7 Å². The van der Waals surface area contributed by atoms with Gasteiger partial charge in [0.25, 0.3) is 0 Å². The van der Waals surface area contributed by atoms with Gasteiger partial charge < -0.3 is 5.32 Å². The molecule has 0 spiro atoms. The van der Waals surface area contributed by atoms with Gasteiger partial charge in [-0.2, -0.15) is 13.2 Å². The lowest BCUT2D eigenvalue weighted by molar-refractivity contribution is -0.182. The molecule has 6 heteroatoms. The Balaban J connectivity index is 1.90. The molecule has 106 valence electrons. The quantitative estimate of drug-likeness (QED) is 0.737. The van der Waals surface area contributed by atoms with Crippen molar-refractivity contribution in [2.24, 2.45) is 5.92 Å². The van der Waals surface area contributed by atoms with Crippen molar-refractivity contribution in [2.45, 2.75) is 37.9 Å². The topological polar surface area (TPSA) is 12.0 Å². The lowest BCUT2D eigenvalue weighted by Gasteiger charge is -2.30. The van der Waals surface area contributed by atoms with Gasteiger partial charge in [-0.05, 0) is 59.8 Å². The molecule has 0 bridgehead atoms. The lowest BCUT2D eigenvalue weighted by Crippen LogP contribution is -2.32. The minimum Gasteiger partial charge on any atom is -0.382 e. The van der Waals surface area contributed by atoms with Gasteiger partial charge in [-0.1, -0.05) is 0 Å². The zero-order valence-corrected chi connectivity index (χ0v) is 11.7. The molecular weight excluding hydrogens is 326 g/mol. The predicted octanol–water partition coefficient (Wildman–Crippen LogP) is 5.12. The molecule has 1 saturated carbocycles. The average molecular weight is 340 g/mol. The highest BCUT2D eigenvalue weighted by Crippen LogP contribution is 2.38. The fraction of sp³-hybridized carbons (Fsp3) is 0.538. The Labute approximate surface area is 117 Å². The predicted molar refractivity (Wildman–Crippen MR) is 69.5 cm³/mol. The fourth-order valence-electron chi connectivity index (χ4n) is 2.39. The molecule has 2 rings (SSSR count). The molecule has 1 aromatic carbocycles. The number of alkyl halides is 3. The normalized spacial score (nSPS) is 24.3. The van der Waals surface area contributed by atoms with Crippen molar-refractivity contribution in [3.63, 3.8) is 0 Å². The van der Waals surface area contributed by atoms with E-state index in [4.69, 9.17) is 0 Å². The van der Waals surface area contributed by atoms with Gasteiger partial charge in [-0.3, -0.25) is 0 Å². The van der Waals surface area contributed by atoms with Crippen LogP contribution in [0.3, 0.4) is 0 Å². The molecule has 19 heavy (non-hydrogen) atoms. The van der Waals surface area contributed by atoms with Gasteiger partial charge in [0.15, 0.2) is 0 Å². The SMILES string of the molecule is Fc1ccc(NC2CCC(C(F)(F)F)CC2)cc1Br. The molecule has 1 nitrogen and oxygen atoms in total. The first-order chi connectivity index (χ1) is 8.86. The van der Waals surface area contributed by atoms with Crippen LogP contribution in [-0.4, -0.2) is 12.2 Å². The van der Waals surface area contributed by atoms with E-state index in [1.165, 1.54) is 6.07 Å². The number of hydrogen-bond donors (Lipinski definition) is 1. The van der Waals surface area contributed by atoms with Crippen LogP contribution in [0.1, 0.15) is 25.7 Å². The second kappa shape index (κ2) is 5.69. The summed E-state index contributed by atoms with van der Waals surface area (Å²) in [6.45, 7) is 0. The largest absolute Gasteiger partial charge is 0.391 e. The van der Waals surface area contributed by atoms with E-state index < -0.39 is 12.1 Å². The summed E-state index contributed by atoms with van der Waals surface area (Å²) in [7, 11) is 0. The third-order valence-corrected chi connectivity index (χ3v) is 4.09. The maximum atomic E-state index is 13.1. The van der Waals surface area contributed by atoms with E-state index in [1.807, 2.05) is 0 Å². The molecule has 0 saturated heterocycles. The van der Waals surface area contributed by atoms with Crippen molar-refractivity contribution in [3.8, 4) is 0 Å². The van der Waals surface area contributed by atoms with Crippen molar-refractivity contribution in [1.82, 2.24) is 0 Å². The molecule has 1 N–H and O–H groups in total. The standard InChI is InChI=1S/C13H14BrF4N/c14-11-7-10(5-6-12(11)15)19-9-3-1-8(2-4-9)13(16,17)18/h5-9,19H,1-4H2. The Morgan fingerprint density at radius 3 is 2.26 bits per heavy atom. The summed E-state index contributed by atoms with van der Waals surface area (Å²) in [5.74, 6) is -1.53. The van der Waals surface area contributed by atoms with Gasteiger partial charge in [-0.15, -0.1) is 0 Å². The highest BCUT2D eigenvalue weighted by molar-refractivity contribution is 9.10. The van der Waals surface area contributed by atoms with E-state index in [2.05, 4.69) is 21.2 Å².